The molecule has 6 aromatic rings. The Balaban J connectivity index is 1.41. The van der Waals surface area contributed by atoms with Crippen molar-refractivity contribution in [3.05, 3.63) is 72.6 Å². The van der Waals surface area contributed by atoms with Gasteiger partial charge in [0, 0.05) is 35.3 Å². The Kier molecular flexibility index (Phi) is 5.83. The maximum Gasteiger partial charge on any atom is 0.224 e. The Morgan fingerprint density at radius 1 is 1.05 bits per heavy atom. The summed E-state index contributed by atoms with van der Waals surface area (Å²) >= 11 is 0. The van der Waals surface area contributed by atoms with Crippen LogP contribution in [0.5, 0.6) is 0 Å². The van der Waals surface area contributed by atoms with Gasteiger partial charge in [-0.3, -0.25) is 19.9 Å². The van der Waals surface area contributed by atoms with E-state index in [1.165, 1.54) is 12.1 Å². The van der Waals surface area contributed by atoms with Crippen LogP contribution < -0.4 is 5.32 Å². The van der Waals surface area contributed by atoms with Crippen LogP contribution in [0.25, 0.3) is 56.0 Å². The summed E-state index contributed by atoms with van der Waals surface area (Å²) in [5, 5.41) is 11.2. The van der Waals surface area contributed by atoms with Crippen molar-refractivity contribution < 1.29 is 9.18 Å². The van der Waals surface area contributed by atoms with Gasteiger partial charge < -0.3 is 10.3 Å². The lowest BCUT2D eigenvalue weighted by atomic mass is 10.0. The van der Waals surface area contributed by atoms with Gasteiger partial charge in [-0.2, -0.15) is 5.10 Å². The number of halogens is 1. The number of amides is 1. The third-order valence-electron chi connectivity index (χ3n) is 6.21. The van der Waals surface area contributed by atoms with E-state index in [9.17, 15) is 9.18 Å². The molecule has 0 aliphatic heterocycles. The zero-order chi connectivity index (χ0) is 26.2. The summed E-state index contributed by atoms with van der Waals surface area (Å²) in [6.45, 7) is 3.81. The fourth-order valence-corrected chi connectivity index (χ4v) is 4.51. The highest BCUT2D eigenvalue weighted by Gasteiger charge is 2.17. The van der Waals surface area contributed by atoms with E-state index in [0.717, 1.165) is 39.6 Å². The highest BCUT2D eigenvalue weighted by molar-refractivity contribution is 5.97. The first kappa shape index (κ1) is 23.4. The predicted octanol–water partition coefficient (Wildman–Crippen LogP) is 5.81. The Morgan fingerprint density at radius 3 is 2.79 bits per heavy atom. The largest absolute Gasteiger partial charge is 0.335 e. The van der Waals surface area contributed by atoms with E-state index in [4.69, 9.17) is 0 Å². The van der Waals surface area contributed by atoms with E-state index in [1.807, 2.05) is 38.1 Å². The van der Waals surface area contributed by atoms with Crippen LogP contribution in [0.4, 0.5) is 10.1 Å². The first-order valence-corrected chi connectivity index (χ1v) is 12.2. The van der Waals surface area contributed by atoms with Gasteiger partial charge in [-0.1, -0.05) is 13.0 Å². The van der Waals surface area contributed by atoms with Crippen LogP contribution in [0.1, 0.15) is 25.3 Å². The van der Waals surface area contributed by atoms with E-state index in [0.29, 0.717) is 40.5 Å². The molecule has 0 saturated heterocycles. The molecule has 3 N–H and O–H groups in total. The van der Waals surface area contributed by atoms with Crippen molar-refractivity contribution in [2.45, 2.75) is 26.7 Å². The summed E-state index contributed by atoms with van der Waals surface area (Å²) < 4.78 is 14.1. The SMILES string of the molecule is CCCC(=O)Nc1cncc(-c2cc3c(-c4nc5nccc(-c6cc(C)cc(F)c6)c5[nH]4)n[nH]c3cn2)c1. The summed E-state index contributed by atoms with van der Waals surface area (Å²) in [7, 11) is 0. The molecular weight excluding hydrogens is 483 g/mol. The van der Waals surface area contributed by atoms with E-state index < -0.39 is 0 Å². The summed E-state index contributed by atoms with van der Waals surface area (Å²) in [6.07, 6.45) is 7.87. The number of carbonyl (C=O) groups is 1. The van der Waals surface area contributed by atoms with Crippen molar-refractivity contribution in [2.75, 3.05) is 5.32 Å². The lowest BCUT2D eigenvalue weighted by Gasteiger charge is -2.06. The zero-order valence-corrected chi connectivity index (χ0v) is 20.7. The van der Waals surface area contributed by atoms with Crippen LogP contribution in [0.15, 0.2) is 61.2 Å². The second kappa shape index (κ2) is 9.47. The molecule has 0 spiro atoms. The number of nitrogens with zero attached hydrogens (tertiary/aromatic N) is 5. The van der Waals surface area contributed by atoms with Crippen LogP contribution in [0, 0.1) is 12.7 Å². The van der Waals surface area contributed by atoms with Gasteiger partial charge in [-0.15, -0.1) is 0 Å². The Labute approximate surface area is 216 Å². The number of hydrogen-bond donors (Lipinski definition) is 3. The van der Waals surface area contributed by atoms with Gasteiger partial charge in [0.25, 0.3) is 0 Å². The third kappa shape index (κ3) is 4.36. The van der Waals surface area contributed by atoms with Crippen molar-refractivity contribution >= 4 is 33.7 Å². The van der Waals surface area contributed by atoms with Crippen molar-refractivity contribution in [1.29, 1.82) is 0 Å². The Morgan fingerprint density at radius 2 is 1.95 bits per heavy atom. The molecule has 0 fully saturated rings. The molecule has 0 saturated carbocycles. The number of aromatic nitrogens is 7. The summed E-state index contributed by atoms with van der Waals surface area (Å²) in [5.74, 6) is 0.167. The average molecular weight is 507 g/mol. The molecule has 0 unspecified atom stereocenters. The molecular formula is C28H23FN8O. The molecule has 0 bridgehead atoms. The van der Waals surface area contributed by atoms with Gasteiger partial charge in [-0.25, -0.2) is 14.4 Å². The molecule has 5 heterocycles. The van der Waals surface area contributed by atoms with Crippen molar-refractivity contribution in [3.8, 4) is 33.9 Å². The van der Waals surface area contributed by atoms with Crippen LogP contribution in [-0.4, -0.2) is 41.0 Å². The molecule has 0 radical (unpaired) electrons. The number of benzene rings is 1. The first-order valence-electron chi connectivity index (χ1n) is 12.2. The lowest BCUT2D eigenvalue weighted by molar-refractivity contribution is -0.116. The van der Waals surface area contributed by atoms with Crippen molar-refractivity contribution in [1.82, 2.24) is 35.1 Å². The normalized spacial score (nSPS) is 11.3. The number of imidazole rings is 1. The number of nitrogens with one attached hydrogen (secondary N) is 3. The number of anilines is 1. The molecule has 38 heavy (non-hydrogen) atoms. The summed E-state index contributed by atoms with van der Waals surface area (Å²) in [5.41, 5.74) is 6.93. The second-order valence-corrected chi connectivity index (χ2v) is 9.11. The van der Waals surface area contributed by atoms with Gasteiger partial charge in [-0.05, 0) is 54.8 Å². The Bertz CT molecular complexity index is 1800. The molecule has 9 nitrogen and oxygen atoms in total. The minimum Gasteiger partial charge on any atom is -0.335 e. The number of carbonyl (C=O) groups excluding carboxylic acids is 1. The molecule has 10 heteroatoms. The minimum absolute atomic E-state index is 0.0572. The van der Waals surface area contributed by atoms with Crippen LogP contribution in [-0.2, 0) is 4.79 Å². The summed E-state index contributed by atoms with van der Waals surface area (Å²) in [6, 6.07) is 10.5. The predicted molar refractivity (Wildman–Crippen MR) is 144 cm³/mol. The molecule has 0 aliphatic rings. The van der Waals surface area contributed by atoms with Crippen LogP contribution in [0.2, 0.25) is 0 Å². The molecule has 188 valence electrons. The van der Waals surface area contributed by atoms with Crippen molar-refractivity contribution in [3.63, 3.8) is 0 Å². The number of rotatable bonds is 6. The quantitative estimate of drug-likeness (QED) is 0.262. The molecule has 5 aromatic heterocycles. The second-order valence-electron chi connectivity index (χ2n) is 9.11. The van der Waals surface area contributed by atoms with Gasteiger partial charge >= 0.3 is 0 Å². The topological polar surface area (TPSA) is 125 Å². The van der Waals surface area contributed by atoms with E-state index in [1.54, 1.807) is 24.8 Å². The van der Waals surface area contributed by atoms with E-state index in [-0.39, 0.29) is 11.7 Å². The number of aryl methyl sites for hydroxylation is 1. The summed E-state index contributed by atoms with van der Waals surface area (Å²) in [4.78, 5) is 33.3. The van der Waals surface area contributed by atoms with Crippen LogP contribution >= 0.6 is 0 Å². The van der Waals surface area contributed by atoms with Crippen LogP contribution in [0.3, 0.4) is 0 Å². The molecule has 6 rings (SSSR count). The van der Waals surface area contributed by atoms with Crippen molar-refractivity contribution in [2.24, 2.45) is 0 Å². The maximum absolute atomic E-state index is 14.1. The third-order valence-corrected chi connectivity index (χ3v) is 6.21. The number of aromatic amines is 2. The van der Waals surface area contributed by atoms with Gasteiger partial charge in [0.1, 0.15) is 11.5 Å². The minimum atomic E-state index is -0.300. The smallest absolute Gasteiger partial charge is 0.224 e. The maximum atomic E-state index is 14.1. The van der Waals surface area contributed by atoms with Gasteiger partial charge in [0.05, 0.1) is 34.8 Å². The highest BCUT2D eigenvalue weighted by Crippen LogP contribution is 2.32. The lowest BCUT2D eigenvalue weighted by Crippen LogP contribution is -2.10. The Hall–Kier alpha value is -4.99. The number of hydrogen-bond acceptors (Lipinski definition) is 6. The number of H-pyrrole nitrogens is 2. The standard InChI is InChI=1S/C28H23FN8O/c1-3-4-24(38)33-19-10-17(12-30-13-19)22-11-21-23(14-32-22)36-37-26(21)28-34-25-20(5-6-31-27(25)35-28)16-7-15(2)8-18(29)9-16/h5-14H,3-4H2,1-2H3,(H,33,38)(H,36,37)(H,31,34,35). The van der Waals surface area contributed by atoms with E-state index in [2.05, 4.69) is 40.4 Å². The number of fused-ring (bicyclic) bond motifs is 2. The van der Waals surface area contributed by atoms with Gasteiger partial charge in [0.15, 0.2) is 11.5 Å². The van der Waals surface area contributed by atoms with E-state index >= 15 is 0 Å². The number of pyridine rings is 3. The average Bonchev–Trinajstić information content (AvgIpc) is 3.52. The fourth-order valence-electron chi connectivity index (χ4n) is 4.51. The molecule has 0 atom stereocenters. The highest BCUT2D eigenvalue weighted by atomic mass is 19.1. The molecule has 0 aliphatic carbocycles. The monoisotopic (exact) mass is 506 g/mol. The molecule has 1 amide bonds. The first-order chi connectivity index (χ1) is 18.5. The fraction of sp³-hybridized carbons (Fsp3) is 0.143. The zero-order valence-electron chi connectivity index (χ0n) is 20.7. The van der Waals surface area contributed by atoms with Gasteiger partial charge in [0.2, 0.25) is 5.91 Å². The molecule has 1 aromatic carbocycles.